The van der Waals surface area contributed by atoms with Crippen molar-refractivity contribution in [3.8, 4) is 17.6 Å². The maximum Gasteiger partial charge on any atom is 0.186 e. The number of likely N-dealkylation sites (N-methyl/N-ethyl adjacent to an activating group) is 1. The summed E-state index contributed by atoms with van der Waals surface area (Å²) in [6.45, 7) is 8.35. The molecule has 1 aliphatic carbocycles. The maximum absolute atomic E-state index is 10.0. The number of nitrogen functional groups attached to an aromatic ring is 1. The highest BCUT2D eigenvalue weighted by atomic mass is 32.1. The van der Waals surface area contributed by atoms with E-state index in [2.05, 4.69) is 46.6 Å². The molecular weight excluding hydrogens is 558 g/mol. The van der Waals surface area contributed by atoms with Gasteiger partial charge in [-0.05, 0) is 76.4 Å². The highest BCUT2D eigenvalue weighted by molar-refractivity contribution is 7.16. The van der Waals surface area contributed by atoms with E-state index >= 15 is 0 Å². The first-order valence-electron chi connectivity index (χ1n) is 15.9. The summed E-state index contributed by atoms with van der Waals surface area (Å²) in [6.07, 6.45) is 11.3. The fourth-order valence-electron chi connectivity index (χ4n) is 7.52. The van der Waals surface area contributed by atoms with Crippen molar-refractivity contribution >= 4 is 33.2 Å². The lowest BCUT2D eigenvalue weighted by molar-refractivity contribution is 0.276. The summed E-state index contributed by atoms with van der Waals surface area (Å²) in [7, 11) is 2.20. The Kier molecular flexibility index (Phi) is 7.60. The molecule has 4 aromatic rings. The lowest BCUT2D eigenvalue weighted by atomic mass is 9.81. The number of nitrogens with two attached hydrogens (primary N) is 1. The second-order valence-electron chi connectivity index (χ2n) is 12.8. The van der Waals surface area contributed by atoms with Crippen molar-refractivity contribution in [3.05, 3.63) is 33.5 Å². The Balaban J connectivity index is 1.34. The molecule has 3 aliphatic rings. The zero-order valence-corrected chi connectivity index (χ0v) is 26.3. The quantitative estimate of drug-likeness (QED) is 0.283. The standard InChI is InChI=1S/C32H41N9OS/c1-4-8-25-26(23(15-33)29(34)43-25)21-11-5-12-22-27(38-42-28(21)22)30-36-31(40-14-6-9-19(2)17-40)24-16-35-41(32(24)37-30)18-20-10-7-13-39(20)3/h16,19-21H,4-14,17-18,34H2,1-3H3. The first kappa shape index (κ1) is 28.3. The predicted octanol–water partition coefficient (Wildman–Crippen LogP) is 5.75. The van der Waals surface area contributed by atoms with Gasteiger partial charge in [-0.2, -0.15) is 10.4 Å². The van der Waals surface area contributed by atoms with Crippen LogP contribution in [-0.2, 0) is 19.4 Å². The second kappa shape index (κ2) is 11.5. The summed E-state index contributed by atoms with van der Waals surface area (Å²) < 4.78 is 8.25. The third-order valence-corrected chi connectivity index (χ3v) is 10.8. The molecule has 10 nitrogen and oxygen atoms in total. The van der Waals surface area contributed by atoms with Crippen LogP contribution in [0.15, 0.2) is 10.7 Å². The van der Waals surface area contributed by atoms with Gasteiger partial charge in [0.2, 0.25) is 0 Å². The number of nitrogens with zero attached hydrogens (tertiary/aromatic N) is 8. The molecule has 3 unspecified atom stereocenters. The molecule has 2 fully saturated rings. The normalized spacial score (nSPS) is 22.7. The van der Waals surface area contributed by atoms with E-state index in [1.807, 2.05) is 6.20 Å². The molecule has 2 saturated heterocycles. The third-order valence-electron chi connectivity index (χ3n) is 9.74. The Hall–Kier alpha value is -3.49. The van der Waals surface area contributed by atoms with Crippen molar-refractivity contribution < 1.29 is 4.52 Å². The van der Waals surface area contributed by atoms with Gasteiger partial charge in [0.05, 0.1) is 23.7 Å². The van der Waals surface area contributed by atoms with Gasteiger partial charge < -0.3 is 20.1 Å². The number of thiophene rings is 1. The van der Waals surface area contributed by atoms with Gasteiger partial charge in [-0.3, -0.25) is 0 Å². The molecule has 7 rings (SSSR count). The number of nitriles is 1. The van der Waals surface area contributed by atoms with E-state index in [4.69, 9.17) is 25.3 Å². The first-order valence-corrected chi connectivity index (χ1v) is 16.8. The number of piperidine rings is 1. The van der Waals surface area contributed by atoms with E-state index in [0.29, 0.717) is 28.3 Å². The zero-order valence-electron chi connectivity index (χ0n) is 25.5. The van der Waals surface area contributed by atoms with Gasteiger partial charge in [0.15, 0.2) is 17.2 Å². The molecule has 4 aromatic heterocycles. The molecule has 0 spiro atoms. The third kappa shape index (κ3) is 4.98. The maximum atomic E-state index is 10.0. The van der Waals surface area contributed by atoms with E-state index < -0.39 is 0 Å². The smallest absolute Gasteiger partial charge is 0.186 e. The molecule has 0 bridgehead atoms. The molecule has 0 aromatic carbocycles. The molecule has 43 heavy (non-hydrogen) atoms. The molecule has 6 heterocycles. The molecule has 11 heteroatoms. The van der Waals surface area contributed by atoms with E-state index in [0.717, 1.165) is 104 Å². The molecule has 0 radical (unpaired) electrons. The Morgan fingerprint density at radius 3 is 2.79 bits per heavy atom. The second-order valence-corrected chi connectivity index (χ2v) is 13.9. The minimum atomic E-state index is -0.0377. The van der Waals surface area contributed by atoms with Crippen LogP contribution in [0.25, 0.3) is 22.6 Å². The number of aromatic nitrogens is 5. The van der Waals surface area contributed by atoms with Crippen LogP contribution in [-0.4, -0.2) is 62.5 Å². The topological polar surface area (TPSA) is 126 Å². The van der Waals surface area contributed by atoms with Crippen LogP contribution < -0.4 is 10.6 Å². The van der Waals surface area contributed by atoms with Crippen LogP contribution in [0.4, 0.5) is 10.8 Å². The summed E-state index contributed by atoms with van der Waals surface area (Å²) in [5.74, 6) is 2.96. The molecule has 226 valence electrons. The summed E-state index contributed by atoms with van der Waals surface area (Å²) in [6, 6.07) is 2.84. The number of aryl methyl sites for hydroxylation is 1. The summed E-state index contributed by atoms with van der Waals surface area (Å²) in [5, 5.41) is 21.1. The fraction of sp³-hybridized carbons (Fsp3) is 0.594. The van der Waals surface area contributed by atoms with E-state index in [1.165, 1.54) is 24.1 Å². The van der Waals surface area contributed by atoms with Gasteiger partial charge in [-0.1, -0.05) is 25.4 Å². The fourth-order valence-corrected chi connectivity index (χ4v) is 8.71. The van der Waals surface area contributed by atoms with Crippen molar-refractivity contribution in [1.29, 1.82) is 5.26 Å². The molecular formula is C32H41N9OS. The number of hydrogen-bond donors (Lipinski definition) is 1. The Morgan fingerprint density at radius 2 is 2.02 bits per heavy atom. The van der Waals surface area contributed by atoms with Crippen LogP contribution in [0, 0.1) is 17.2 Å². The lowest BCUT2D eigenvalue weighted by Gasteiger charge is -2.32. The Labute approximate surface area is 256 Å². The van der Waals surface area contributed by atoms with Crippen LogP contribution in [0.3, 0.4) is 0 Å². The van der Waals surface area contributed by atoms with Crippen molar-refractivity contribution in [1.82, 2.24) is 29.8 Å². The minimum Gasteiger partial charge on any atom is -0.389 e. The number of rotatable bonds is 7. The molecule has 2 aliphatic heterocycles. The number of hydrogen-bond acceptors (Lipinski definition) is 10. The number of likely N-dealkylation sites (tertiary alicyclic amines) is 1. The van der Waals surface area contributed by atoms with Crippen molar-refractivity contribution in [2.24, 2.45) is 5.92 Å². The van der Waals surface area contributed by atoms with Crippen molar-refractivity contribution in [3.63, 3.8) is 0 Å². The largest absolute Gasteiger partial charge is 0.389 e. The van der Waals surface area contributed by atoms with E-state index in [9.17, 15) is 5.26 Å². The van der Waals surface area contributed by atoms with Gasteiger partial charge in [-0.15, -0.1) is 11.3 Å². The zero-order chi connectivity index (χ0) is 29.7. The van der Waals surface area contributed by atoms with Gasteiger partial charge in [-0.25, -0.2) is 14.6 Å². The number of fused-ring (bicyclic) bond motifs is 2. The Morgan fingerprint density at radius 1 is 1.16 bits per heavy atom. The highest BCUT2D eigenvalue weighted by Gasteiger charge is 2.35. The van der Waals surface area contributed by atoms with Crippen LogP contribution in [0.1, 0.15) is 92.0 Å². The van der Waals surface area contributed by atoms with Gasteiger partial charge >= 0.3 is 0 Å². The van der Waals surface area contributed by atoms with E-state index in [-0.39, 0.29) is 5.92 Å². The summed E-state index contributed by atoms with van der Waals surface area (Å²) in [4.78, 5) is 16.4. The molecule has 2 N–H and O–H groups in total. The van der Waals surface area contributed by atoms with Gasteiger partial charge in [0, 0.05) is 35.5 Å². The molecule has 0 saturated carbocycles. The van der Waals surface area contributed by atoms with Gasteiger partial charge in [0.25, 0.3) is 0 Å². The minimum absolute atomic E-state index is 0.0377. The average Bonchev–Trinajstić information content (AvgIpc) is 3.79. The molecule has 3 atom stereocenters. The highest BCUT2D eigenvalue weighted by Crippen LogP contribution is 2.46. The van der Waals surface area contributed by atoms with Gasteiger partial charge in [0.1, 0.15) is 22.6 Å². The average molecular weight is 600 g/mol. The van der Waals surface area contributed by atoms with Crippen LogP contribution >= 0.6 is 11.3 Å². The van der Waals surface area contributed by atoms with Crippen LogP contribution in [0.5, 0.6) is 0 Å². The predicted molar refractivity (Wildman–Crippen MR) is 169 cm³/mol. The molecule has 0 amide bonds. The van der Waals surface area contributed by atoms with E-state index in [1.54, 1.807) is 11.3 Å². The van der Waals surface area contributed by atoms with Crippen LogP contribution in [0.2, 0.25) is 0 Å². The summed E-state index contributed by atoms with van der Waals surface area (Å²) in [5.41, 5.74) is 10.6. The van der Waals surface area contributed by atoms with Crippen molar-refractivity contribution in [2.45, 2.75) is 90.1 Å². The lowest BCUT2D eigenvalue weighted by Crippen LogP contribution is -2.35. The monoisotopic (exact) mass is 599 g/mol. The summed E-state index contributed by atoms with van der Waals surface area (Å²) >= 11 is 1.55. The van der Waals surface area contributed by atoms with Crippen molar-refractivity contribution in [2.75, 3.05) is 37.3 Å². The SMILES string of the molecule is CCCc1sc(N)c(C#N)c1C1CCCc2c(-c3nc(N4CCCC(C)C4)c4cnn(CC5CCCN5C)c4n3)noc21. The first-order chi connectivity index (χ1) is 21.0. The Bertz CT molecular complexity index is 1680. The number of anilines is 2.